The number of H-pyrrole nitrogens is 1. The Kier molecular flexibility index (Phi) is 3.65. The fourth-order valence-electron chi connectivity index (χ4n) is 1.34. The highest BCUT2D eigenvalue weighted by Gasteiger charge is 2.11. The normalized spacial score (nSPS) is 9.83. The van der Waals surface area contributed by atoms with E-state index in [2.05, 4.69) is 31.4 Å². The van der Waals surface area contributed by atoms with Crippen molar-refractivity contribution in [3.05, 3.63) is 45.0 Å². The van der Waals surface area contributed by atoms with Gasteiger partial charge in [0.2, 0.25) is 0 Å². The van der Waals surface area contributed by atoms with Gasteiger partial charge in [0.25, 0.3) is 5.91 Å². The van der Waals surface area contributed by atoms with E-state index in [9.17, 15) is 4.79 Å². The number of carbonyl (C=O) groups is 1. The van der Waals surface area contributed by atoms with Crippen molar-refractivity contribution in [1.82, 2.24) is 10.2 Å². The molecule has 1 amide bonds. The van der Waals surface area contributed by atoms with Crippen LogP contribution in [-0.4, -0.2) is 16.1 Å². The van der Waals surface area contributed by atoms with Crippen molar-refractivity contribution in [3.63, 3.8) is 0 Å². The predicted molar refractivity (Wildman–Crippen MR) is 70.4 cm³/mol. The number of anilines is 1. The Bertz CT molecular complexity index is 626. The van der Waals surface area contributed by atoms with Gasteiger partial charge in [0.05, 0.1) is 6.20 Å². The zero-order valence-electron chi connectivity index (χ0n) is 8.87. The first-order valence-corrected chi connectivity index (χ1v) is 5.98. The molecule has 18 heavy (non-hydrogen) atoms. The Morgan fingerprint density at radius 2 is 2.28 bits per heavy atom. The van der Waals surface area contributed by atoms with Gasteiger partial charge >= 0.3 is 0 Å². The Labute approximate surface area is 116 Å². The summed E-state index contributed by atoms with van der Waals surface area (Å²) < 4.78 is 0.699. The van der Waals surface area contributed by atoms with Crippen LogP contribution in [0.2, 0.25) is 5.02 Å². The van der Waals surface area contributed by atoms with E-state index < -0.39 is 0 Å². The molecule has 0 aliphatic rings. The molecule has 0 atom stereocenters. The largest absolute Gasteiger partial charge is 0.306 e. The average Bonchev–Trinajstić information content (AvgIpc) is 2.75. The van der Waals surface area contributed by atoms with E-state index in [0.29, 0.717) is 15.1 Å². The number of nitrogens with zero attached hydrogens (tertiary/aromatic N) is 2. The molecule has 0 fully saturated rings. The molecule has 90 valence electrons. The number of aromatic amines is 1. The van der Waals surface area contributed by atoms with Crippen molar-refractivity contribution >= 4 is 39.3 Å². The zero-order chi connectivity index (χ0) is 13.1. The summed E-state index contributed by atoms with van der Waals surface area (Å²) in [4.78, 5) is 11.9. The van der Waals surface area contributed by atoms with Crippen LogP contribution in [0.25, 0.3) is 0 Å². The minimum atomic E-state index is -0.376. The first-order chi connectivity index (χ1) is 8.60. The van der Waals surface area contributed by atoms with Crippen LogP contribution in [0.5, 0.6) is 0 Å². The van der Waals surface area contributed by atoms with Gasteiger partial charge in [-0.1, -0.05) is 27.5 Å². The standard InChI is InChI=1S/C11H6BrClN4O/c12-8-1-6(2-9(13)3-8)11(18)16-10-7(4-14)5-15-17-10/h1-3,5H,(H2,15,16,17,18). The monoisotopic (exact) mass is 324 g/mol. The molecule has 0 radical (unpaired) electrons. The third-order valence-electron chi connectivity index (χ3n) is 2.12. The van der Waals surface area contributed by atoms with Gasteiger partial charge in [-0.2, -0.15) is 10.4 Å². The van der Waals surface area contributed by atoms with Gasteiger partial charge in [-0.3, -0.25) is 9.89 Å². The summed E-state index contributed by atoms with van der Waals surface area (Å²) in [5, 5.41) is 18.0. The van der Waals surface area contributed by atoms with Gasteiger partial charge in [0, 0.05) is 15.1 Å². The second-order valence-electron chi connectivity index (χ2n) is 3.38. The lowest BCUT2D eigenvalue weighted by atomic mass is 10.2. The SMILES string of the molecule is N#Cc1cn[nH]c1NC(=O)c1cc(Cl)cc(Br)c1. The summed E-state index contributed by atoms with van der Waals surface area (Å²) in [5.74, 6) is -0.113. The van der Waals surface area contributed by atoms with Crippen LogP contribution < -0.4 is 5.32 Å². The molecule has 7 heteroatoms. The molecule has 0 saturated heterocycles. The zero-order valence-corrected chi connectivity index (χ0v) is 11.2. The number of hydrogen-bond acceptors (Lipinski definition) is 3. The van der Waals surface area contributed by atoms with Crippen molar-refractivity contribution in [3.8, 4) is 6.07 Å². The number of rotatable bonds is 2. The lowest BCUT2D eigenvalue weighted by molar-refractivity contribution is 0.102. The second kappa shape index (κ2) is 5.21. The summed E-state index contributed by atoms with van der Waals surface area (Å²) in [6.45, 7) is 0. The lowest BCUT2D eigenvalue weighted by Crippen LogP contribution is -2.13. The third kappa shape index (κ3) is 2.70. The minimum absolute atomic E-state index is 0.263. The number of aromatic nitrogens is 2. The predicted octanol–water partition coefficient (Wildman–Crippen LogP) is 2.95. The molecule has 1 heterocycles. The highest BCUT2D eigenvalue weighted by Crippen LogP contribution is 2.20. The Hall–Kier alpha value is -1.84. The van der Waals surface area contributed by atoms with Gasteiger partial charge in [0.1, 0.15) is 17.5 Å². The van der Waals surface area contributed by atoms with E-state index in [-0.39, 0.29) is 17.3 Å². The summed E-state index contributed by atoms with van der Waals surface area (Å²) in [7, 11) is 0. The van der Waals surface area contributed by atoms with E-state index >= 15 is 0 Å². The van der Waals surface area contributed by atoms with Gasteiger partial charge in [0.15, 0.2) is 0 Å². The fourth-order valence-corrected chi connectivity index (χ4v) is 2.20. The number of carbonyl (C=O) groups excluding carboxylic acids is 1. The van der Waals surface area contributed by atoms with Gasteiger partial charge in [-0.15, -0.1) is 0 Å². The quantitative estimate of drug-likeness (QED) is 0.890. The molecule has 0 unspecified atom stereocenters. The van der Waals surface area contributed by atoms with E-state index in [4.69, 9.17) is 16.9 Å². The van der Waals surface area contributed by atoms with E-state index in [1.54, 1.807) is 12.1 Å². The van der Waals surface area contributed by atoms with Crippen molar-refractivity contribution in [2.45, 2.75) is 0 Å². The molecule has 0 bridgehead atoms. The number of nitrogens with one attached hydrogen (secondary N) is 2. The van der Waals surface area contributed by atoms with Crippen molar-refractivity contribution in [2.75, 3.05) is 5.32 Å². The number of nitriles is 1. The number of halogens is 2. The van der Waals surface area contributed by atoms with Gasteiger partial charge < -0.3 is 5.32 Å². The van der Waals surface area contributed by atoms with E-state index in [0.717, 1.165) is 0 Å². The van der Waals surface area contributed by atoms with Gasteiger partial charge in [-0.05, 0) is 18.2 Å². The number of hydrogen-bond donors (Lipinski definition) is 2. The maximum absolute atomic E-state index is 11.9. The minimum Gasteiger partial charge on any atom is -0.306 e. The first kappa shape index (κ1) is 12.6. The number of benzene rings is 1. The van der Waals surface area contributed by atoms with Crippen LogP contribution in [0.15, 0.2) is 28.9 Å². The van der Waals surface area contributed by atoms with E-state index in [1.807, 2.05) is 6.07 Å². The topological polar surface area (TPSA) is 81.6 Å². The van der Waals surface area contributed by atoms with Crippen LogP contribution in [0.3, 0.4) is 0 Å². The molecule has 0 aliphatic heterocycles. The van der Waals surface area contributed by atoms with Crippen LogP contribution in [0, 0.1) is 11.3 Å². The molecule has 1 aromatic heterocycles. The molecule has 2 rings (SSSR count). The maximum atomic E-state index is 11.9. The van der Waals surface area contributed by atoms with Crippen molar-refractivity contribution in [1.29, 1.82) is 5.26 Å². The fraction of sp³-hybridized carbons (Fsp3) is 0. The Balaban J connectivity index is 2.25. The summed E-state index contributed by atoms with van der Waals surface area (Å²) in [6, 6.07) is 6.75. The molecule has 0 aliphatic carbocycles. The molecule has 0 saturated carbocycles. The second-order valence-corrected chi connectivity index (χ2v) is 4.73. The van der Waals surface area contributed by atoms with Crippen LogP contribution >= 0.6 is 27.5 Å². The molecule has 2 aromatic rings. The molecular formula is C11H6BrClN4O. The average molecular weight is 326 g/mol. The molecule has 2 N–H and O–H groups in total. The summed E-state index contributed by atoms with van der Waals surface area (Å²) in [5.41, 5.74) is 0.650. The first-order valence-electron chi connectivity index (χ1n) is 4.81. The number of amides is 1. The highest BCUT2D eigenvalue weighted by molar-refractivity contribution is 9.10. The highest BCUT2D eigenvalue weighted by atomic mass is 79.9. The van der Waals surface area contributed by atoms with Crippen LogP contribution in [0.4, 0.5) is 5.82 Å². The molecular weight excluding hydrogens is 320 g/mol. The summed E-state index contributed by atoms with van der Waals surface area (Å²) in [6.07, 6.45) is 1.34. The molecule has 5 nitrogen and oxygen atoms in total. The molecule has 0 spiro atoms. The summed E-state index contributed by atoms with van der Waals surface area (Å²) >= 11 is 9.10. The maximum Gasteiger partial charge on any atom is 0.256 e. The van der Waals surface area contributed by atoms with Crippen LogP contribution in [-0.2, 0) is 0 Å². The smallest absolute Gasteiger partial charge is 0.256 e. The van der Waals surface area contributed by atoms with Gasteiger partial charge in [-0.25, -0.2) is 0 Å². The lowest BCUT2D eigenvalue weighted by Gasteiger charge is -2.04. The van der Waals surface area contributed by atoms with Crippen molar-refractivity contribution in [2.24, 2.45) is 0 Å². The van der Waals surface area contributed by atoms with Crippen molar-refractivity contribution < 1.29 is 4.79 Å². The molecule has 1 aromatic carbocycles. The van der Waals surface area contributed by atoms with E-state index in [1.165, 1.54) is 12.3 Å². The third-order valence-corrected chi connectivity index (χ3v) is 2.80. The Morgan fingerprint density at radius 1 is 1.50 bits per heavy atom. The van der Waals surface area contributed by atoms with Crippen LogP contribution in [0.1, 0.15) is 15.9 Å². The Morgan fingerprint density at radius 3 is 2.94 bits per heavy atom.